The van der Waals surface area contributed by atoms with Crippen LogP contribution in [0.5, 0.6) is 0 Å². The van der Waals surface area contributed by atoms with Crippen LogP contribution in [0.15, 0.2) is 48.5 Å². The van der Waals surface area contributed by atoms with Crippen molar-refractivity contribution in [2.75, 3.05) is 6.54 Å². The van der Waals surface area contributed by atoms with Crippen LogP contribution in [0.3, 0.4) is 0 Å². The molecular formula is C18H15Cl2NO2S. The fraction of sp³-hybridized carbons (Fsp3) is 0.167. The molecule has 1 heterocycles. The number of rotatable bonds is 4. The lowest BCUT2D eigenvalue weighted by Gasteiger charge is -2.22. The number of benzene rings is 2. The first-order valence-corrected chi connectivity index (χ1v) is 8.89. The van der Waals surface area contributed by atoms with Gasteiger partial charge in [0.15, 0.2) is 0 Å². The van der Waals surface area contributed by atoms with Gasteiger partial charge in [-0.25, -0.2) is 0 Å². The maximum atomic E-state index is 12.2. The van der Waals surface area contributed by atoms with E-state index in [1.54, 1.807) is 19.1 Å². The summed E-state index contributed by atoms with van der Waals surface area (Å²) in [7, 11) is 0. The van der Waals surface area contributed by atoms with Crippen LogP contribution in [0, 0.1) is 0 Å². The molecule has 0 aliphatic rings. The number of thiophene rings is 1. The molecule has 24 heavy (non-hydrogen) atoms. The molecule has 3 rings (SSSR count). The number of hydrogen-bond acceptors (Lipinski definition) is 3. The number of nitrogens with one attached hydrogen (secondary N) is 1. The molecule has 1 unspecified atom stereocenters. The smallest absolute Gasteiger partial charge is 0.251 e. The van der Waals surface area contributed by atoms with Gasteiger partial charge >= 0.3 is 0 Å². The Morgan fingerprint density at radius 1 is 1.17 bits per heavy atom. The van der Waals surface area contributed by atoms with Crippen LogP contribution in [0.4, 0.5) is 0 Å². The average Bonchev–Trinajstić information content (AvgIpc) is 3.00. The van der Waals surface area contributed by atoms with E-state index in [9.17, 15) is 9.90 Å². The van der Waals surface area contributed by atoms with E-state index in [0.29, 0.717) is 15.6 Å². The second-order valence-electron chi connectivity index (χ2n) is 5.73. The zero-order valence-corrected chi connectivity index (χ0v) is 15.2. The molecule has 1 amide bonds. The van der Waals surface area contributed by atoms with Gasteiger partial charge in [0, 0.05) is 15.1 Å². The minimum atomic E-state index is -1.16. The quantitative estimate of drug-likeness (QED) is 0.680. The van der Waals surface area contributed by atoms with Crippen molar-refractivity contribution in [2.24, 2.45) is 0 Å². The predicted molar refractivity (Wildman–Crippen MR) is 100 cm³/mol. The van der Waals surface area contributed by atoms with Crippen molar-refractivity contribution in [1.29, 1.82) is 0 Å². The van der Waals surface area contributed by atoms with Crippen molar-refractivity contribution in [2.45, 2.75) is 12.5 Å². The van der Waals surface area contributed by atoms with E-state index in [4.69, 9.17) is 23.2 Å². The van der Waals surface area contributed by atoms with Gasteiger partial charge in [-0.15, -0.1) is 11.3 Å². The number of fused-ring (bicyclic) bond motifs is 1. The van der Waals surface area contributed by atoms with Crippen molar-refractivity contribution in [3.63, 3.8) is 0 Å². The Kier molecular flexibility index (Phi) is 4.83. The Morgan fingerprint density at radius 3 is 2.62 bits per heavy atom. The third kappa shape index (κ3) is 3.57. The fourth-order valence-electron chi connectivity index (χ4n) is 2.33. The summed E-state index contributed by atoms with van der Waals surface area (Å²) in [5.41, 5.74) is -0.758. The molecule has 3 aromatic rings. The number of halogens is 2. The molecule has 0 bridgehead atoms. The van der Waals surface area contributed by atoms with Gasteiger partial charge in [-0.05, 0) is 42.6 Å². The molecule has 3 nitrogen and oxygen atoms in total. The van der Waals surface area contributed by atoms with Gasteiger partial charge < -0.3 is 10.4 Å². The Bertz CT molecular complexity index is 872. The maximum Gasteiger partial charge on any atom is 0.251 e. The molecule has 1 atom stereocenters. The molecule has 1 aromatic heterocycles. The first-order valence-electron chi connectivity index (χ1n) is 7.31. The number of aliphatic hydroxyl groups is 1. The molecule has 0 saturated heterocycles. The van der Waals surface area contributed by atoms with Crippen LogP contribution >= 0.6 is 34.5 Å². The second kappa shape index (κ2) is 6.73. The second-order valence-corrected chi connectivity index (χ2v) is 7.63. The van der Waals surface area contributed by atoms with Crippen LogP contribution in [-0.4, -0.2) is 17.6 Å². The molecular weight excluding hydrogens is 365 g/mol. The lowest BCUT2D eigenvalue weighted by atomic mass is 10.0. The molecule has 0 spiro atoms. The van der Waals surface area contributed by atoms with E-state index in [1.807, 2.05) is 30.3 Å². The minimum Gasteiger partial charge on any atom is -0.383 e. The highest BCUT2D eigenvalue weighted by atomic mass is 35.5. The van der Waals surface area contributed by atoms with Crippen molar-refractivity contribution in [1.82, 2.24) is 5.32 Å². The van der Waals surface area contributed by atoms with Crippen molar-refractivity contribution in [3.8, 4) is 0 Å². The monoisotopic (exact) mass is 379 g/mol. The molecule has 0 radical (unpaired) electrons. The van der Waals surface area contributed by atoms with Crippen molar-refractivity contribution in [3.05, 3.63) is 69.0 Å². The van der Waals surface area contributed by atoms with Gasteiger partial charge in [0.2, 0.25) is 0 Å². The highest BCUT2D eigenvalue weighted by Gasteiger charge is 2.26. The molecule has 124 valence electrons. The molecule has 0 aliphatic carbocycles. The summed E-state index contributed by atoms with van der Waals surface area (Å²) in [6.07, 6.45) is 0. The average molecular weight is 380 g/mol. The molecule has 0 aliphatic heterocycles. The van der Waals surface area contributed by atoms with Gasteiger partial charge in [0.05, 0.1) is 16.6 Å². The largest absolute Gasteiger partial charge is 0.383 e. The Labute approximate surface area is 153 Å². The van der Waals surface area contributed by atoms with Gasteiger partial charge in [0.25, 0.3) is 5.91 Å². The summed E-state index contributed by atoms with van der Waals surface area (Å²) < 4.78 is 1.10. The molecule has 2 N–H and O–H groups in total. The lowest BCUT2D eigenvalue weighted by molar-refractivity contribution is 0.0557. The number of carbonyl (C=O) groups excluding carboxylic acids is 1. The van der Waals surface area contributed by atoms with Crippen LogP contribution in [0.1, 0.15) is 22.2 Å². The first-order chi connectivity index (χ1) is 11.4. The van der Waals surface area contributed by atoms with E-state index in [0.717, 1.165) is 15.0 Å². The zero-order valence-electron chi connectivity index (χ0n) is 12.8. The van der Waals surface area contributed by atoms with E-state index >= 15 is 0 Å². The fourth-order valence-corrected chi connectivity index (χ4v) is 3.73. The molecule has 2 aromatic carbocycles. The minimum absolute atomic E-state index is 0.0961. The summed E-state index contributed by atoms with van der Waals surface area (Å²) in [4.78, 5) is 13.0. The molecule has 6 heteroatoms. The normalized spacial score (nSPS) is 13.7. The standard InChI is InChI=1S/C18H15Cl2NO2S/c1-18(23,16-9-11-4-2-3-5-15(11)24-16)10-21-17(22)12-6-7-13(19)14(20)8-12/h2-9,23H,10H2,1H3,(H,21,22). The Hall–Kier alpha value is -1.59. The number of carbonyl (C=O) groups is 1. The summed E-state index contributed by atoms with van der Waals surface area (Å²) >= 11 is 13.3. The number of hydrogen-bond donors (Lipinski definition) is 2. The highest BCUT2D eigenvalue weighted by molar-refractivity contribution is 7.19. The summed E-state index contributed by atoms with van der Waals surface area (Å²) in [5.74, 6) is -0.310. The lowest BCUT2D eigenvalue weighted by Crippen LogP contribution is -2.38. The van der Waals surface area contributed by atoms with Gasteiger partial charge in [0.1, 0.15) is 5.60 Å². The summed E-state index contributed by atoms with van der Waals surface area (Å²) in [6, 6.07) is 14.6. The van der Waals surface area contributed by atoms with E-state index in [2.05, 4.69) is 5.32 Å². The predicted octanol–water partition coefficient (Wildman–Crippen LogP) is 4.85. The van der Waals surface area contributed by atoms with E-state index in [1.165, 1.54) is 17.4 Å². The van der Waals surface area contributed by atoms with Crippen molar-refractivity contribution < 1.29 is 9.90 Å². The third-order valence-corrected chi connectivity index (χ3v) is 5.84. The highest BCUT2D eigenvalue weighted by Crippen LogP contribution is 2.33. The van der Waals surface area contributed by atoms with Crippen LogP contribution in [0.2, 0.25) is 10.0 Å². The van der Waals surface area contributed by atoms with E-state index < -0.39 is 5.60 Å². The zero-order chi connectivity index (χ0) is 17.3. The van der Waals surface area contributed by atoms with Gasteiger partial charge in [-0.2, -0.15) is 0 Å². The Morgan fingerprint density at radius 2 is 1.92 bits per heavy atom. The molecule has 0 saturated carbocycles. The van der Waals surface area contributed by atoms with E-state index in [-0.39, 0.29) is 12.5 Å². The SMILES string of the molecule is CC(O)(CNC(=O)c1ccc(Cl)c(Cl)c1)c1cc2ccccc2s1. The third-order valence-electron chi connectivity index (χ3n) is 3.73. The van der Waals surface area contributed by atoms with Crippen LogP contribution in [0.25, 0.3) is 10.1 Å². The topological polar surface area (TPSA) is 49.3 Å². The van der Waals surface area contributed by atoms with Gasteiger partial charge in [-0.1, -0.05) is 41.4 Å². The summed E-state index contributed by atoms with van der Waals surface area (Å²) in [5, 5.41) is 15.3. The van der Waals surface area contributed by atoms with Gasteiger partial charge in [-0.3, -0.25) is 4.79 Å². The first kappa shape index (κ1) is 17.2. The molecule has 0 fully saturated rings. The maximum absolute atomic E-state index is 12.2. The Balaban J connectivity index is 1.74. The van der Waals surface area contributed by atoms with Crippen molar-refractivity contribution >= 4 is 50.5 Å². The number of amides is 1. The van der Waals surface area contributed by atoms with Crippen LogP contribution < -0.4 is 5.32 Å². The van der Waals surface area contributed by atoms with Crippen LogP contribution in [-0.2, 0) is 5.60 Å². The summed E-state index contributed by atoms with van der Waals surface area (Å²) in [6.45, 7) is 1.78.